The number of imide groups is 1. The van der Waals surface area contributed by atoms with Crippen LogP contribution in [-0.4, -0.2) is 54.9 Å². The molecule has 2 aliphatic heterocycles. The van der Waals surface area contributed by atoms with Gasteiger partial charge >= 0.3 is 10.1 Å². The number of hydrogen-bond acceptors (Lipinski definition) is 7. The number of carbonyl (C=O) groups is 3. The third-order valence-electron chi connectivity index (χ3n) is 6.04. The summed E-state index contributed by atoms with van der Waals surface area (Å²) in [5, 5.41) is 1.12. The van der Waals surface area contributed by atoms with Crippen molar-refractivity contribution in [2.45, 2.75) is 17.7 Å². The van der Waals surface area contributed by atoms with Crippen molar-refractivity contribution in [3.8, 4) is 5.75 Å². The Kier molecular flexibility index (Phi) is 6.55. The van der Waals surface area contributed by atoms with Crippen molar-refractivity contribution in [3.63, 3.8) is 0 Å². The van der Waals surface area contributed by atoms with Crippen LogP contribution < -0.4 is 4.18 Å². The molecule has 0 atom stereocenters. The van der Waals surface area contributed by atoms with E-state index in [9.17, 15) is 22.8 Å². The summed E-state index contributed by atoms with van der Waals surface area (Å²) >= 11 is 0.708. The molecule has 3 aromatic carbocycles. The van der Waals surface area contributed by atoms with Crippen LogP contribution in [0.5, 0.6) is 5.75 Å². The molecule has 184 valence electrons. The maximum atomic E-state index is 13.0. The van der Waals surface area contributed by atoms with E-state index in [2.05, 4.69) is 0 Å². The standard InChI is InChI=1S/C26H22N2O6S2/c29-24(27-13-5-6-14-27)17-28-25(30)23(35-26(28)31)16-20-9-3-4-10-22(20)34-36(32,33)21-12-11-18-7-1-2-8-19(18)15-21/h1-4,7-12,15-16H,5-6,13-14,17H2/b23-16-. The van der Waals surface area contributed by atoms with Crippen molar-refractivity contribution in [2.24, 2.45) is 0 Å². The zero-order valence-electron chi connectivity index (χ0n) is 19.1. The molecule has 2 fully saturated rings. The molecule has 2 aliphatic rings. The molecule has 10 heteroatoms. The highest BCUT2D eigenvalue weighted by molar-refractivity contribution is 8.18. The van der Waals surface area contributed by atoms with E-state index in [4.69, 9.17) is 4.18 Å². The molecule has 0 spiro atoms. The average Bonchev–Trinajstić information content (AvgIpc) is 3.50. The van der Waals surface area contributed by atoms with Gasteiger partial charge in [0.15, 0.2) is 0 Å². The first-order valence-electron chi connectivity index (χ1n) is 11.4. The molecule has 0 unspecified atom stereocenters. The fraction of sp³-hybridized carbons (Fsp3) is 0.192. The van der Waals surface area contributed by atoms with Gasteiger partial charge in [0.05, 0.1) is 4.91 Å². The van der Waals surface area contributed by atoms with Gasteiger partial charge in [0.25, 0.3) is 11.1 Å². The lowest BCUT2D eigenvalue weighted by molar-refractivity contribution is -0.135. The van der Waals surface area contributed by atoms with Gasteiger partial charge in [0.2, 0.25) is 5.91 Å². The minimum atomic E-state index is -4.17. The predicted molar refractivity (Wildman–Crippen MR) is 137 cm³/mol. The molecule has 36 heavy (non-hydrogen) atoms. The second-order valence-electron chi connectivity index (χ2n) is 8.44. The van der Waals surface area contributed by atoms with E-state index in [1.807, 2.05) is 24.3 Å². The number of hydrogen-bond donors (Lipinski definition) is 0. The van der Waals surface area contributed by atoms with Crippen molar-refractivity contribution in [1.82, 2.24) is 9.80 Å². The van der Waals surface area contributed by atoms with Crippen molar-refractivity contribution in [1.29, 1.82) is 0 Å². The highest BCUT2D eigenvalue weighted by Crippen LogP contribution is 2.35. The van der Waals surface area contributed by atoms with Crippen molar-refractivity contribution < 1.29 is 27.0 Å². The van der Waals surface area contributed by atoms with Gasteiger partial charge in [-0.25, -0.2) is 0 Å². The Labute approximate surface area is 212 Å². The molecule has 3 amide bonds. The van der Waals surface area contributed by atoms with E-state index in [0.29, 0.717) is 30.4 Å². The number of carbonyl (C=O) groups excluding carboxylic acids is 3. The summed E-state index contributed by atoms with van der Waals surface area (Å²) in [5.74, 6) is -0.836. The van der Waals surface area contributed by atoms with E-state index in [0.717, 1.165) is 28.5 Å². The monoisotopic (exact) mass is 522 g/mol. The number of para-hydroxylation sites is 1. The highest BCUT2D eigenvalue weighted by Gasteiger charge is 2.37. The molecule has 2 heterocycles. The molecule has 8 nitrogen and oxygen atoms in total. The van der Waals surface area contributed by atoms with Gasteiger partial charge in [-0.2, -0.15) is 8.42 Å². The van der Waals surface area contributed by atoms with E-state index in [1.54, 1.807) is 29.2 Å². The van der Waals surface area contributed by atoms with Crippen LogP contribution in [0.4, 0.5) is 4.79 Å². The zero-order chi connectivity index (χ0) is 25.3. The van der Waals surface area contributed by atoms with Gasteiger partial charge in [0, 0.05) is 18.7 Å². The lowest BCUT2D eigenvalue weighted by Gasteiger charge is -2.18. The van der Waals surface area contributed by atoms with E-state index in [-0.39, 0.29) is 28.0 Å². The predicted octanol–water partition coefficient (Wildman–Crippen LogP) is 4.27. The number of likely N-dealkylation sites (tertiary alicyclic amines) is 1. The minimum absolute atomic E-state index is 0.00301. The molecule has 0 aromatic heterocycles. The molecule has 2 saturated heterocycles. The highest BCUT2D eigenvalue weighted by atomic mass is 32.2. The molecule has 0 saturated carbocycles. The van der Waals surface area contributed by atoms with Gasteiger partial charge in [-0.05, 0) is 59.7 Å². The number of rotatable bonds is 6. The smallest absolute Gasteiger partial charge is 0.339 e. The largest absolute Gasteiger partial charge is 0.378 e. The summed E-state index contributed by atoms with van der Waals surface area (Å²) in [5.41, 5.74) is 0.318. The quantitative estimate of drug-likeness (QED) is 0.352. The number of fused-ring (bicyclic) bond motifs is 1. The lowest BCUT2D eigenvalue weighted by atomic mass is 10.1. The van der Waals surface area contributed by atoms with Crippen LogP contribution in [0.15, 0.2) is 76.5 Å². The Morgan fingerprint density at radius 2 is 1.64 bits per heavy atom. The molecule has 5 rings (SSSR count). The number of nitrogens with zero attached hydrogens (tertiary/aromatic N) is 2. The Balaban J connectivity index is 1.38. The molecule has 0 N–H and O–H groups in total. The first-order valence-corrected chi connectivity index (χ1v) is 13.6. The van der Waals surface area contributed by atoms with Crippen molar-refractivity contribution in [3.05, 3.63) is 77.2 Å². The first-order chi connectivity index (χ1) is 17.3. The maximum Gasteiger partial charge on any atom is 0.339 e. The van der Waals surface area contributed by atoms with E-state index >= 15 is 0 Å². The zero-order valence-corrected chi connectivity index (χ0v) is 20.8. The molecule has 0 bridgehead atoms. The summed E-state index contributed by atoms with van der Waals surface area (Å²) < 4.78 is 31.5. The molecule has 3 aromatic rings. The molecular formula is C26H22N2O6S2. The summed E-state index contributed by atoms with van der Waals surface area (Å²) in [6.45, 7) is 0.944. The van der Waals surface area contributed by atoms with Gasteiger partial charge in [0.1, 0.15) is 17.2 Å². The van der Waals surface area contributed by atoms with Gasteiger partial charge in [-0.15, -0.1) is 0 Å². The van der Waals surface area contributed by atoms with Crippen molar-refractivity contribution in [2.75, 3.05) is 19.6 Å². The molecule has 0 radical (unpaired) electrons. The number of thioether (sulfide) groups is 1. The van der Waals surface area contributed by atoms with Gasteiger partial charge in [-0.3, -0.25) is 19.3 Å². The van der Waals surface area contributed by atoms with Crippen LogP contribution in [0.2, 0.25) is 0 Å². The summed E-state index contributed by atoms with van der Waals surface area (Å²) in [4.78, 5) is 40.5. The average molecular weight is 523 g/mol. The Morgan fingerprint density at radius 1 is 0.944 bits per heavy atom. The topological polar surface area (TPSA) is 101 Å². The van der Waals surface area contributed by atoms with Crippen LogP contribution in [0.3, 0.4) is 0 Å². The Hall–Kier alpha value is -3.63. The summed E-state index contributed by atoms with van der Waals surface area (Å²) in [6.07, 6.45) is 3.23. The third-order valence-corrected chi connectivity index (χ3v) is 8.18. The minimum Gasteiger partial charge on any atom is -0.378 e. The molecule has 0 aliphatic carbocycles. The second-order valence-corrected chi connectivity index (χ2v) is 11.0. The van der Waals surface area contributed by atoms with Crippen LogP contribution >= 0.6 is 11.8 Å². The summed E-state index contributed by atoms with van der Waals surface area (Å²) in [6, 6.07) is 18.5. The number of benzene rings is 3. The van der Waals surface area contributed by atoms with Crippen LogP contribution in [-0.2, 0) is 19.7 Å². The fourth-order valence-corrected chi connectivity index (χ4v) is 5.96. The number of amides is 3. The SMILES string of the molecule is O=C(CN1C(=O)S/C(=C\c2ccccc2OS(=O)(=O)c2ccc3ccccc3c2)C1=O)N1CCCC1. The normalized spacial score (nSPS) is 17.4. The van der Waals surface area contributed by atoms with Gasteiger partial charge in [-0.1, -0.05) is 48.5 Å². The Morgan fingerprint density at radius 3 is 2.42 bits per heavy atom. The summed E-state index contributed by atoms with van der Waals surface area (Å²) in [7, 11) is -4.17. The van der Waals surface area contributed by atoms with Crippen LogP contribution in [0.25, 0.3) is 16.8 Å². The maximum absolute atomic E-state index is 13.0. The van der Waals surface area contributed by atoms with Gasteiger partial charge < -0.3 is 9.08 Å². The van der Waals surface area contributed by atoms with Crippen molar-refractivity contribution >= 4 is 55.8 Å². The van der Waals surface area contributed by atoms with E-state index in [1.165, 1.54) is 24.3 Å². The van der Waals surface area contributed by atoms with Crippen LogP contribution in [0, 0.1) is 0 Å². The first kappa shape index (κ1) is 24.1. The fourth-order valence-electron chi connectivity index (χ4n) is 4.14. The lowest BCUT2D eigenvalue weighted by Crippen LogP contribution is -2.40. The molecular weight excluding hydrogens is 500 g/mol. The Bertz CT molecular complexity index is 1510. The third kappa shape index (κ3) is 4.87. The van der Waals surface area contributed by atoms with E-state index < -0.39 is 21.3 Å². The van der Waals surface area contributed by atoms with Crippen LogP contribution in [0.1, 0.15) is 18.4 Å². The second kappa shape index (κ2) is 9.79.